The maximum atomic E-state index is 12.3. The predicted octanol–water partition coefficient (Wildman–Crippen LogP) is 2.17. The second-order valence-corrected chi connectivity index (χ2v) is 6.80. The number of aromatic nitrogens is 5. The average molecular weight is 413 g/mol. The molecule has 0 aliphatic heterocycles. The van der Waals surface area contributed by atoms with Crippen molar-refractivity contribution in [3.63, 3.8) is 0 Å². The van der Waals surface area contributed by atoms with E-state index in [4.69, 9.17) is 0 Å². The summed E-state index contributed by atoms with van der Waals surface area (Å²) in [6.45, 7) is 2.24. The molecule has 0 saturated carbocycles. The first-order chi connectivity index (χ1) is 15.1. The van der Waals surface area contributed by atoms with Gasteiger partial charge in [0.15, 0.2) is 0 Å². The smallest absolute Gasteiger partial charge is 0.267 e. The third-order valence-corrected chi connectivity index (χ3v) is 4.49. The molecule has 0 saturated heterocycles. The van der Waals surface area contributed by atoms with Crippen LogP contribution in [0.5, 0.6) is 0 Å². The van der Waals surface area contributed by atoms with Crippen molar-refractivity contribution in [3.05, 3.63) is 95.3 Å². The number of hydrogen-bond donors (Lipinski definition) is 2. The molecule has 4 rings (SSSR count). The summed E-state index contributed by atoms with van der Waals surface area (Å²) in [7, 11) is 0. The van der Waals surface area contributed by atoms with Crippen LogP contribution in [0.25, 0.3) is 11.4 Å². The summed E-state index contributed by atoms with van der Waals surface area (Å²) in [4.78, 5) is 29.9. The summed E-state index contributed by atoms with van der Waals surface area (Å²) in [5, 5.41) is 12.5. The van der Waals surface area contributed by atoms with Crippen molar-refractivity contribution in [3.8, 4) is 11.4 Å². The fourth-order valence-corrected chi connectivity index (χ4v) is 2.80. The highest BCUT2D eigenvalue weighted by atomic mass is 16.2. The summed E-state index contributed by atoms with van der Waals surface area (Å²) in [5.41, 5.74) is 8.14. The maximum absolute atomic E-state index is 12.3. The fourth-order valence-electron chi connectivity index (χ4n) is 2.80. The molecule has 0 radical (unpaired) electrons. The molecule has 2 N–H and O–H groups in total. The van der Waals surface area contributed by atoms with Gasteiger partial charge in [-0.25, -0.2) is 0 Å². The van der Waals surface area contributed by atoms with Crippen LogP contribution in [0.3, 0.4) is 0 Å². The van der Waals surface area contributed by atoms with Crippen molar-refractivity contribution in [2.75, 3.05) is 0 Å². The third-order valence-electron chi connectivity index (χ3n) is 4.49. The van der Waals surface area contributed by atoms with Crippen LogP contribution in [0.15, 0.2) is 72.9 Å². The number of nitrogens with zero attached hydrogens (tertiary/aromatic N) is 5. The first-order valence-corrected chi connectivity index (χ1v) is 9.54. The Morgan fingerprint density at radius 1 is 0.871 bits per heavy atom. The molecule has 0 unspecified atom stereocenters. The number of nitrogens with one attached hydrogen (secondary N) is 2. The molecule has 0 aliphatic rings. The van der Waals surface area contributed by atoms with Gasteiger partial charge in [-0.05, 0) is 42.0 Å². The van der Waals surface area contributed by atoms with Gasteiger partial charge < -0.3 is 0 Å². The summed E-state index contributed by atoms with van der Waals surface area (Å²) in [6.07, 6.45) is 1.45. The highest BCUT2D eigenvalue weighted by molar-refractivity contribution is 5.98. The van der Waals surface area contributed by atoms with Crippen LogP contribution in [0, 0.1) is 6.92 Å². The van der Waals surface area contributed by atoms with Crippen molar-refractivity contribution >= 4 is 11.8 Å². The number of carbonyl (C=O) groups excluding carboxylic acids is 2. The van der Waals surface area contributed by atoms with Gasteiger partial charge in [0.2, 0.25) is 5.82 Å². The van der Waals surface area contributed by atoms with Gasteiger partial charge in [-0.2, -0.15) is 4.80 Å². The Hall–Kier alpha value is -4.40. The molecule has 0 atom stereocenters. The Labute approximate surface area is 178 Å². The van der Waals surface area contributed by atoms with Crippen LogP contribution < -0.4 is 10.9 Å². The molecule has 9 heteroatoms. The Morgan fingerprint density at radius 2 is 1.55 bits per heavy atom. The van der Waals surface area contributed by atoms with Crippen LogP contribution in [-0.2, 0) is 6.54 Å². The van der Waals surface area contributed by atoms with Gasteiger partial charge in [0.05, 0.1) is 12.1 Å². The molecule has 4 aromatic rings. The van der Waals surface area contributed by atoms with E-state index in [1.165, 1.54) is 11.0 Å². The molecule has 0 aliphatic carbocycles. The van der Waals surface area contributed by atoms with Crippen LogP contribution in [-0.4, -0.2) is 37.0 Å². The lowest BCUT2D eigenvalue weighted by Crippen LogP contribution is -2.41. The zero-order valence-corrected chi connectivity index (χ0v) is 16.7. The van der Waals surface area contributed by atoms with Gasteiger partial charge in [0, 0.05) is 23.0 Å². The minimum atomic E-state index is -0.441. The van der Waals surface area contributed by atoms with Gasteiger partial charge in [-0.15, -0.1) is 10.2 Å². The molecule has 9 nitrogen and oxygen atoms in total. The molecule has 2 aromatic heterocycles. The van der Waals surface area contributed by atoms with Crippen LogP contribution in [0.4, 0.5) is 0 Å². The molecule has 0 bridgehead atoms. The molecule has 2 aromatic carbocycles. The van der Waals surface area contributed by atoms with Crippen LogP contribution in [0.1, 0.15) is 32.0 Å². The van der Waals surface area contributed by atoms with Gasteiger partial charge in [-0.3, -0.25) is 25.4 Å². The van der Waals surface area contributed by atoms with Gasteiger partial charge in [-0.1, -0.05) is 42.5 Å². The second-order valence-electron chi connectivity index (χ2n) is 6.80. The van der Waals surface area contributed by atoms with E-state index in [1.54, 1.807) is 36.4 Å². The van der Waals surface area contributed by atoms with E-state index in [0.717, 1.165) is 16.8 Å². The van der Waals surface area contributed by atoms with Crippen LogP contribution >= 0.6 is 0 Å². The van der Waals surface area contributed by atoms with Gasteiger partial charge in [0.25, 0.3) is 11.8 Å². The molecule has 2 amide bonds. The minimum Gasteiger partial charge on any atom is -0.267 e. The van der Waals surface area contributed by atoms with E-state index in [9.17, 15) is 9.59 Å². The summed E-state index contributed by atoms with van der Waals surface area (Å²) in [5.74, 6) is -0.315. The lowest BCUT2D eigenvalue weighted by atomic mass is 10.1. The zero-order valence-electron chi connectivity index (χ0n) is 16.7. The Kier molecular flexibility index (Phi) is 5.75. The quantitative estimate of drug-likeness (QED) is 0.485. The topological polar surface area (TPSA) is 115 Å². The zero-order chi connectivity index (χ0) is 21.6. The average Bonchev–Trinajstić information content (AvgIpc) is 3.27. The van der Waals surface area contributed by atoms with Gasteiger partial charge in [0.1, 0.15) is 0 Å². The summed E-state index contributed by atoms with van der Waals surface area (Å²) < 4.78 is 0. The lowest BCUT2D eigenvalue weighted by Gasteiger charge is -2.08. The van der Waals surface area contributed by atoms with E-state index >= 15 is 0 Å². The molecule has 0 spiro atoms. The molecular formula is C22H19N7O2. The number of amides is 2. The van der Waals surface area contributed by atoms with Crippen molar-refractivity contribution in [2.45, 2.75) is 13.5 Å². The lowest BCUT2D eigenvalue weighted by molar-refractivity contribution is 0.0846. The number of carbonyl (C=O) groups is 2. The highest BCUT2D eigenvalue weighted by Gasteiger charge is 2.10. The number of benzene rings is 2. The number of aryl methyl sites for hydroxylation is 1. The van der Waals surface area contributed by atoms with Crippen LogP contribution in [0.2, 0.25) is 0 Å². The Balaban J connectivity index is 1.33. The summed E-state index contributed by atoms with van der Waals surface area (Å²) >= 11 is 0. The number of pyridine rings is 1. The maximum Gasteiger partial charge on any atom is 0.271 e. The van der Waals surface area contributed by atoms with Crippen molar-refractivity contribution < 1.29 is 9.59 Å². The molecular weight excluding hydrogens is 394 g/mol. The number of hydrogen-bond acceptors (Lipinski definition) is 6. The van der Waals surface area contributed by atoms with Crippen molar-refractivity contribution in [2.24, 2.45) is 0 Å². The van der Waals surface area contributed by atoms with E-state index in [-0.39, 0.29) is 0 Å². The van der Waals surface area contributed by atoms with Gasteiger partial charge >= 0.3 is 0 Å². The Morgan fingerprint density at radius 3 is 2.23 bits per heavy atom. The molecule has 0 fully saturated rings. The number of tetrazole rings is 1. The normalized spacial score (nSPS) is 10.5. The van der Waals surface area contributed by atoms with E-state index in [0.29, 0.717) is 23.5 Å². The minimum absolute atomic E-state index is 0.358. The molecule has 154 valence electrons. The number of hydrazine groups is 1. The second kappa shape index (κ2) is 8.95. The fraction of sp³-hybridized carbons (Fsp3) is 0.0909. The monoisotopic (exact) mass is 413 g/mol. The van der Waals surface area contributed by atoms with E-state index in [2.05, 4.69) is 31.2 Å². The van der Waals surface area contributed by atoms with E-state index in [1.807, 2.05) is 37.3 Å². The SMILES string of the molecule is Cc1ccc(C(=O)NNC(=O)c2ccc(Cn3nnc(-c4ccccc4)n3)cc2)cn1. The molecule has 2 heterocycles. The Bertz CT molecular complexity index is 1190. The first kappa shape index (κ1) is 19.9. The van der Waals surface area contributed by atoms with Crippen molar-refractivity contribution in [1.29, 1.82) is 0 Å². The standard InChI is InChI=1S/C22H19N7O2/c1-15-7-10-19(13-23-15)22(31)26-25-21(30)18-11-8-16(9-12-18)14-29-27-20(24-28-29)17-5-3-2-4-6-17/h2-13H,14H2,1H3,(H,25,30)(H,26,31). The van der Waals surface area contributed by atoms with E-state index < -0.39 is 11.8 Å². The first-order valence-electron chi connectivity index (χ1n) is 9.54. The number of rotatable bonds is 5. The highest BCUT2D eigenvalue weighted by Crippen LogP contribution is 2.12. The van der Waals surface area contributed by atoms with Crippen molar-refractivity contribution in [1.82, 2.24) is 36.0 Å². The largest absolute Gasteiger partial charge is 0.271 e. The third kappa shape index (κ3) is 4.96. The summed E-state index contributed by atoms with van der Waals surface area (Å²) in [6, 6.07) is 19.9. The predicted molar refractivity (Wildman–Crippen MR) is 113 cm³/mol. The molecule has 31 heavy (non-hydrogen) atoms.